The third kappa shape index (κ3) is 2.70. The molecule has 0 aliphatic carbocycles. The van der Waals surface area contributed by atoms with Gasteiger partial charge in [0.1, 0.15) is 0 Å². The van der Waals surface area contributed by atoms with Gasteiger partial charge in [-0.3, -0.25) is 9.59 Å². The van der Waals surface area contributed by atoms with Crippen LogP contribution in [0.4, 0.5) is 0 Å². The predicted octanol–water partition coefficient (Wildman–Crippen LogP) is 3.68. The Hall–Kier alpha value is -1.15. The highest BCUT2D eigenvalue weighted by Gasteiger charge is 2.26. The van der Waals surface area contributed by atoms with Gasteiger partial charge >= 0.3 is 0 Å². The zero-order valence-corrected chi connectivity index (χ0v) is 10.5. The van der Waals surface area contributed by atoms with E-state index < -0.39 is 5.24 Å². The van der Waals surface area contributed by atoms with Gasteiger partial charge in [0.15, 0.2) is 5.78 Å². The molecular formula is C13H15ClO2. The minimum absolute atomic E-state index is 0.0866. The standard InChI is InChI=1S/C13H15ClO2/c1-4-13(2,3)11(15)9-5-7-10(8-6-9)12(14)16/h5-8H,4H2,1-3H3. The lowest BCUT2D eigenvalue weighted by Gasteiger charge is -2.20. The normalized spacial score (nSPS) is 11.2. The molecule has 3 heteroatoms. The van der Waals surface area contributed by atoms with Gasteiger partial charge in [-0.1, -0.05) is 32.9 Å². The first kappa shape index (κ1) is 12.9. The summed E-state index contributed by atoms with van der Waals surface area (Å²) in [6.45, 7) is 5.81. The third-order valence-electron chi connectivity index (χ3n) is 2.87. The SMILES string of the molecule is CCC(C)(C)C(=O)c1ccc(C(=O)Cl)cc1. The van der Waals surface area contributed by atoms with Crippen molar-refractivity contribution >= 4 is 22.6 Å². The molecule has 0 N–H and O–H groups in total. The Balaban J connectivity index is 2.99. The maximum atomic E-state index is 12.1. The Morgan fingerprint density at radius 1 is 1.12 bits per heavy atom. The minimum Gasteiger partial charge on any atom is -0.294 e. The molecule has 1 rings (SSSR count). The van der Waals surface area contributed by atoms with Crippen molar-refractivity contribution < 1.29 is 9.59 Å². The molecule has 2 nitrogen and oxygen atoms in total. The van der Waals surface area contributed by atoms with Gasteiger partial charge in [0.25, 0.3) is 5.24 Å². The fourth-order valence-electron chi connectivity index (χ4n) is 1.30. The van der Waals surface area contributed by atoms with E-state index in [2.05, 4.69) is 0 Å². The van der Waals surface area contributed by atoms with E-state index >= 15 is 0 Å². The van der Waals surface area contributed by atoms with Crippen molar-refractivity contribution in [2.24, 2.45) is 5.41 Å². The number of benzene rings is 1. The topological polar surface area (TPSA) is 34.1 Å². The zero-order chi connectivity index (χ0) is 12.3. The van der Waals surface area contributed by atoms with Gasteiger partial charge in [-0.15, -0.1) is 0 Å². The van der Waals surface area contributed by atoms with E-state index in [1.165, 1.54) is 0 Å². The summed E-state index contributed by atoms with van der Waals surface area (Å²) in [6, 6.07) is 6.45. The van der Waals surface area contributed by atoms with E-state index in [0.29, 0.717) is 11.1 Å². The van der Waals surface area contributed by atoms with Gasteiger partial charge in [0.2, 0.25) is 0 Å². The number of rotatable bonds is 4. The van der Waals surface area contributed by atoms with Crippen LogP contribution >= 0.6 is 11.6 Å². The first-order chi connectivity index (χ1) is 7.38. The van der Waals surface area contributed by atoms with Gasteiger partial charge in [-0.25, -0.2) is 0 Å². The highest BCUT2D eigenvalue weighted by Crippen LogP contribution is 2.25. The summed E-state index contributed by atoms with van der Waals surface area (Å²) in [5.41, 5.74) is 0.660. The summed E-state index contributed by atoms with van der Waals surface area (Å²) in [4.78, 5) is 22.9. The van der Waals surface area contributed by atoms with Crippen LogP contribution in [0.1, 0.15) is 47.9 Å². The van der Waals surface area contributed by atoms with Crippen molar-refractivity contribution in [1.82, 2.24) is 0 Å². The van der Waals surface area contributed by atoms with Crippen LogP contribution in [0.15, 0.2) is 24.3 Å². The lowest BCUT2D eigenvalue weighted by atomic mass is 9.82. The molecule has 0 heterocycles. The van der Waals surface area contributed by atoms with E-state index in [0.717, 1.165) is 6.42 Å². The van der Waals surface area contributed by atoms with Crippen molar-refractivity contribution in [1.29, 1.82) is 0 Å². The van der Waals surface area contributed by atoms with Crippen LogP contribution in [0.5, 0.6) is 0 Å². The quantitative estimate of drug-likeness (QED) is 0.592. The molecule has 0 bridgehead atoms. The Bertz CT molecular complexity index is 404. The number of halogens is 1. The molecule has 0 unspecified atom stereocenters. The predicted molar refractivity (Wildman–Crippen MR) is 65.0 cm³/mol. The van der Waals surface area contributed by atoms with Crippen LogP contribution in [-0.4, -0.2) is 11.0 Å². The molecule has 0 aliphatic rings. The van der Waals surface area contributed by atoms with Gasteiger partial charge in [-0.05, 0) is 30.2 Å². The van der Waals surface area contributed by atoms with Crippen molar-refractivity contribution in [3.63, 3.8) is 0 Å². The summed E-state index contributed by atoms with van der Waals surface area (Å²) >= 11 is 5.33. The third-order valence-corrected chi connectivity index (χ3v) is 3.09. The Kier molecular flexibility index (Phi) is 3.87. The second-order valence-electron chi connectivity index (χ2n) is 4.42. The van der Waals surface area contributed by atoms with Gasteiger partial charge in [0, 0.05) is 16.5 Å². The zero-order valence-electron chi connectivity index (χ0n) is 9.71. The largest absolute Gasteiger partial charge is 0.294 e. The van der Waals surface area contributed by atoms with Crippen molar-refractivity contribution in [2.75, 3.05) is 0 Å². The van der Waals surface area contributed by atoms with Crippen molar-refractivity contribution in [2.45, 2.75) is 27.2 Å². The summed E-state index contributed by atoms with van der Waals surface area (Å²) < 4.78 is 0. The van der Waals surface area contributed by atoms with Crippen LogP contribution in [0, 0.1) is 5.41 Å². The number of hydrogen-bond acceptors (Lipinski definition) is 2. The summed E-state index contributed by atoms with van der Waals surface area (Å²) in [6.07, 6.45) is 0.780. The van der Waals surface area contributed by atoms with Crippen LogP contribution in [0.2, 0.25) is 0 Å². The molecular weight excluding hydrogens is 224 g/mol. The van der Waals surface area contributed by atoms with E-state index in [4.69, 9.17) is 11.6 Å². The van der Waals surface area contributed by atoms with Crippen LogP contribution in [-0.2, 0) is 0 Å². The van der Waals surface area contributed by atoms with E-state index in [1.54, 1.807) is 24.3 Å². The molecule has 0 radical (unpaired) electrons. The van der Waals surface area contributed by atoms with Crippen LogP contribution < -0.4 is 0 Å². The molecule has 0 amide bonds. The van der Waals surface area contributed by atoms with Gasteiger partial charge in [0.05, 0.1) is 0 Å². The Morgan fingerprint density at radius 3 is 1.94 bits per heavy atom. The monoisotopic (exact) mass is 238 g/mol. The second-order valence-corrected chi connectivity index (χ2v) is 4.76. The number of carbonyl (C=O) groups is 2. The Morgan fingerprint density at radius 2 is 1.56 bits per heavy atom. The lowest BCUT2D eigenvalue weighted by Crippen LogP contribution is -2.23. The molecule has 0 aromatic heterocycles. The van der Waals surface area contributed by atoms with Crippen LogP contribution in [0.3, 0.4) is 0 Å². The molecule has 0 atom stereocenters. The maximum absolute atomic E-state index is 12.1. The number of carbonyl (C=O) groups excluding carboxylic acids is 2. The van der Waals surface area contributed by atoms with Gasteiger partial charge < -0.3 is 0 Å². The van der Waals surface area contributed by atoms with Gasteiger partial charge in [-0.2, -0.15) is 0 Å². The molecule has 0 spiro atoms. The van der Waals surface area contributed by atoms with E-state index in [-0.39, 0.29) is 11.2 Å². The summed E-state index contributed by atoms with van der Waals surface area (Å²) in [5, 5.41) is -0.506. The molecule has 16 heavy (non-hydrogen) atoms. The molecule has 0 saturated carbocycles. The van der Waals surface area contributed by atoms with E-state index in [1.807, 2.05) is 20.8 Å². The molecule has 0 aliphatic heterocycles. The summed E-state index contributed by atoms with van der Waals surface area (Å²) in [7, 11) is 0. The van der Waals surface area contributed by atoms with Crippen molar-refractivity contribution in [3.8, 4) is 0 Å². The highest BCUT2D eigenvalue weighted by atomic mass is 35.5. The molecule has 0 fully saturated rings. The average molecular weight is 239 g/mol. The fraction of sp³-hybridized carbons (Fsp3) is 0.385. The number of Topliss-reactive ketones (excluding diaryl/α,β-unsaturated/α-hetero) is 1. The average Bonchev–Trinajstić information content (AvgIpc) is 2.28. The fourth-order valence-corrected chi connectivity index (χ4v) is 1.43. The van der Waals surface area contributed by atoms with E-state index in [9.17, 15) is 9.59 Å². The minimum atomic E-state index is -0.506. The lowest BCUT2D eigenvalue weighted by molar-refractivity contribution is 0.0832. The number of hydrogen-bond donors (Lipinski definition) is 0. The second kappa shape index (κ2) is 4.79. The van der Waals surface area contributed by atoms with Crippen LogP contribution in [0.25, 0.3) is 0 Å². The molecule has 0 saturated heterocycles. The van der Waals surface area contributed by atoms with Crippen molar-refractivity contribution in [3.05, 3.63) is 35.4 Å². The molecule has 86 valence electrons. The number of ketones is 1. The Labute approximate surface area is 101 Å². The molecule has 1 aromatic carbocycles. The molecule has 1 aromatic rings. The first-order valence-electron chi connectivity index (χ1n) is 5.23. The highest BCUT2D eigenvalue weighted by molar-refractivity contribution is 6.67. The maximum Gasteiger partial charge on any atom is 0.252 e. The summed E-state index contributed by atoms with van der Waals surface area (Å²) in [5.74, 6) is 0.0866. The smallest absolute Gasteiger partial charge is 0.252 e. The first-order valence-corrected chi connectivity index (χ1v) is 5.61.